The monoisotopic (exact) mass is 297 g/mol. The molecule has 0 heterocycles. The number of nitriles is 1. The molecule has 0 aromatic heterocycles. The van der Waals surface area contributed by atoms with Crippen LogP contribution in [0.4, 0.5) is 4.39 Å². The minimum Gasteiger partial charge on any atom is -0.330 e. The molecule has 4 heteroatoms. The molecule has 2 rings (SSSR count). The Balaban J connectivity index is 2.08. The molecule has 0 fully saturated rings. The number of benzene rings is 2. The van der Waals surface area contributed by atoms with E-state index in [0.717, 1.165) is 37.2 Å². The zero-order chi connectivity index (χ0) is 15.8. The van der Waals surface area contributed by atoms with Gasteiger partial charge in [0.15, 0.2) is 0 Å². The molecule has 0 aliphatic rings. The van der Waals surface area contributed by atoms with Gasteiger partial charge in [-0.15, -0.1) is 0 Å². The standard InChI is InChI=1S/C18H20FN3/c19-18-7-5-15(6-8-18)13-22(10-2-9-20)14-17-4-1-3-16(11-17)12-21/h1,3-8,11H,2,9-10,13-14,20H2. The van der Waals surface area contributed by atoms with Gasteiger partial charge in [-0.25, -0.2) is 4.39 Å². The summed E-state index contributed by atoms with van der Waals surface area (Å²) in [6.45, 7) is 2.98. The number of rotatable bonds is 7. The fourth-order valence-corrected chi connectivity index (χ4v) is 2.37. The molecule has 0 atom stereocenters. The summed E-state index contributed by atoms with van der Waals surface area (Å²) < 4.78 is 13.0. The molecule has 0 unspecified atom stereocenters. The third-order valence-corrected chi connectivity index (χ3v) is 3.46. The highest BCUT2D eigenvalue weighted by Crippen LogP contribution is 2.12. The summed E-state index contributed by atoms with van der Waals surface area (Å²) in [5.41, 5.74) is 8.43. The van der Waals surface area contributed by atoms with Gasteiger partial charge in [0, 0.05) is 19.6 Å². The van der Waals surface area contributed by atoms with E-state index < -0.39 is 0 Å². The highest BCUT2D eigenvalue weighted by molar-refractivity contribution is 5.32. The van der Waals surface area contributed by atoms with Gasteiger partial charge in [0.05, 0.1) is 11.6 Å². The van der Waals surface area contributed by atoms with Crippen LogP contribution < -0.4 is 5.73 Å². The Labute approximate surface area is 130 Å². The lowest BCUT2D eigenvalue weighted by Crippen LogP contribution is -2.25. The second-order valence-electron chi connectivity index (χ2n) is 5.29. The first-order valence-corrected chi connectivity index (χ1v) is 7.37. The SMILES string of the molecule is N#Cc1cccc(CN(CCCN)Cc2ccc(F)cc2)c1. The molecule has 0 spiro atoms. The van der Waals surface area contributed by atoms with Crippen molar-refractivity contribution in [2.24, 2.45) is 5.73 Å². The maximum Gasteiger partial charge on any atom is 0.123 e. The summed E-state index contributed by atoms with van der Waals surface area (Å²) in [5.74, 6) is -0.223. The van der Waals surface area contributed by atoms with Crippen LogP contribution in [0.3, 0.4) is 0 Å². The third kappa shape index (κ3) is 4.96. The van der Waals surface area contributed by atoms with Crippen LogP contribution in [0.25, 0.3) is 0 Å². The number of hydrogen-bond donors (Lipinski definition) is 1. The highest BCUT2D eigenvalue weighted by Gasteiger charge is 2.08. The van der Waals surface area contributed by atoms with Crippen molar-refractivity contribution >= 4 is 0 Å². The lowest BCUT2D eigenvalue weighted by atomic mass is 10.1. The quantitative estimate of drug-likeness (QED) is 0.854. The number of nitrogens with two attached hydrogens (primary N) is 1. The van der Waals surface area contributed by atoms with Gasteiger partial charge in [-0.1, -0.05) is 24.3 Å². The first-order chi connectivity index (χ1) is 10.7. The van der Waals surface area contributed by atoms with E-state index in [2.05, 4.69) is 11.0 Å². The van der Waals surface area contributed by atoms with Gasteiger partial charge >= 0.3 is 0 Å². The van der Waals surface area contributed by atoms with Crippen molar-refractivity contribution in [2.45, 2.75) is 19.5 Å². The number of nitrogens with zero attached hydrogens (tertiary/aromatic N) is 2. The third-order valence-electron chi connectivity index (χ3n) is 3.46. The van der Waals surface area contributed by atoms with Gasteiger partial charge in [0.1, 0.15) is 5.82 Å². The molecule has 2 N–H and O–H groups in total. The van der Waals surface area contributed by atoms with E-state index >= 15 is 0 Å². The topological polar surface area (TPSA) is 53.0 Å². The van der Waals surface area contributed by atoms with Crippen LogP contribution in [0.15, 0.2) is 48.5 Å². The van der Waals surface area contributed by atoms with E-state index in [0.29, 0.717) is 12.1 Å². The molecule has 0 saturated heterocycles. The Morgan fingerprint density at radius 2 is 1.77 bits per heavy atom. The zero-order valence-corrected chi connectivity index (χ0v) is 12.5. The Bertz CT molecular complexity index is 632. The van der Waals surface area contributed by atoms with Crippen molar-refractivity contribution in [1.29, 1.82) is 5.26 Å². The van der Waals surface area contributed by atoms with Crippen LogP contribution in [0.5, 0.6) is 0 Å². The van der Waals surface area contributed by atoms with Crippen molar-refractivity contribution in [3.63, 3.8) is 0 Å². The largest absolute Gasteiger partial charge is 0.330 e. The van der Waals surface area contributed by atoms with Crippen molar-refractivity contribution < 1.29 is 4.39 Å². The maximum absolute atomic E-state index is 13.0. The van der Waals surface area contributed by atoms with Crippen LogP contribution in [0.2, 0.25) is 0 Å². The summed E-state index contributed by atoms with van der Waals surface area (Å²) in [5, 5.41) is 8.98. The van der Waals surface area contributed by atoms with Gasteiger partial charge in [-0.2, -0.15) is 5.26 Å². The molecule has 2 aromatic rings. The average Bonchev–Trinajstić information content (AvgIpc) is 2.55. The van der Waals surface area contributed by atoms with Crippen LogP contribution >= 0.6 is 0 Å². The van der Waals surface area contributed by atoms with E-state index in [4.69, 9.17) is 11.0 Å². The smallest absolute Gasteiger partial charge is 0.123 e. The molecule has 3 nitrogen and oxygen atoms in total. The Morgan fingerprint density at radius 3 is 2.45 bits per heavy atom. The van der Waals surface area contributed by atoms with Gasteiger partial charge < -0.3 is 5.73 Å². The summed E-state index contributed by atoms with van der Waals surface area (Å²) in [4.78, 5) is 2.26. The van der Waals surface area contributed by atoms with Gasteiger partial charge in [-0.3, -0.25) is 4.90 Å². The fraction of sp³-hybridized carbons (Fsp3) is 0.278. The van der Waals surface area contributed by atoms with Crippen LogP contribution in [0.1, 0.15) is 23.1 Å². The molecule has 0 bridgehead atoms. The first kappa shape index (κ1) is 16.2. The fourth-order valence-electron chi connectivity index (χ4n) is 2.37. The number of hydrogen-bond acceptors (Lipinski definition) is 3. The summed E-state index contributed by atoms with van der Waals surface area (Å²) in [7, 11) is 0. The minimum atomic E-state index is -0.223. The van der Waals surface area contributed by atoms with Crippen molar-refractivity contribution in [2.75, 3.05) is 13.1 Å². The van der Waals surface area contributed by atoms with E-state index in [1.54, 1.807) is 18.2 Å². The van der Waals surface area contributed by atoms with Crippen molar-refractivity contribution in [3.8, 4) is 6.07 Å². The second-order valence-corrected chi connectivity index (χ2v) is 5.29. The minimum absolute atomic E-state index is 0.223. The molecular weight excluding hydrogens is 277 g/mol. The summed E-state index contributed by atoms with van der Waals surface area (Å²) in [6, 6.07) is 16.3. The van der Waals surface area contributed by atoms with E-state index in [1.165, 1.54) is 12.1 Å². The molecule has 0 amide bonds. The molecular formula is C18H20FN3. The lowest BCUT2D eigenvalue weighted by molar-refractivity contribution is 0.255. The Hall–Kier alpha value is -2.22. The van der Waals surface area contributed by atoms with Crippen molar-refractivity contribution in [1.82, 2.24) is 4.90 Å². The van der Waals surface area contributed by atoms with E-state index in [9.17, 15) is 4.39 Å². The molecule has 0 aliphatic heterocycles. The highest BCUT2D eigenvalue weighted by atomic mass is 19.1. The maximum atomic E-state index is 13.0. The van der Waals surface area contributed by atoms with E-state index in [1.807, 2.05) is 18.2 Å². The molecule has 0 radical (unpaired) electrons. The van der Waals surface area contributed by atoms with Crippen LogP contribution in [0, 0.1) is 17.1 Å². The molecule has 0 saturated carbocycles. The number of halogens is 1. The Morgan fingerprint density at radius 1 is 1.05 bits per heavy atom. The van der Waals surface area contributed by atoms with Crippen LogP contribution in [-0.2, 0) is 13.1 Å². The molecule has 22 heavy (non-hydrogen) atoms. The predicted octanol–water partition coefficient (Wildman–Crippen LogP) is 3.05. The second kappa shape index (κ2) is 8.28. The average molecular weight is 297 g/mol. The van der Waals surface area contributed by atoms with Gasteiger partial charge in [-0.05, 0) is 48.4 Å². The predicted molar refractivity (Wildman–Crippen MR) is 85.3 cm³/mol. The molecule has 0 aliphatic carbocycles. The van der Waals surface area contributed by atoms with Gasteiger partial charge in [0.25, 0.3) is 0 Å². The summed E-state index contributed by atoms with van der Waals surface area (Å²) >= 11 is 0. The van der Waals surface area contributed by atoms with Crippen molar-refractivity contribution in [3.05, 3.63) is 71.0 Å². The lowest BCUT2D eigenvalue weighted by Gasteiger charge is -2.22. The van der Waals surface area contributed by atoms with Gasteiger partial charge in [0.2, 0.25) is 0 Å². The normalized spacial score (nSPS) is 10.6. The van der Waals surface area contributed by atoms with Crippen LogP contribution in [-0.4, -0.2) is 18.0 Å². The Kier molecular flexibility index (Phi) is 6.08. The molecule has 2 aromatic carbocycles. The molecule has 114 valence electrons. The first-order valence-electron chi connectivity index (χ1n) is 7.37. The van der Waals surface area contributed by atoms with E-state index in [-0.39, 0.29) is 5.82 Å². The summed E-state index contributed by atoms with van der Waals surface area (Å²) in [6.07, 6.45) is 0.902. The zero-order valence-electron chi connectivity index (χ0n) is 12.5.